The fourth-order valence-corrected chi connectivity index (χ4v) is 3.33. The fraction of sp³-hybridized carbons (Fsp3) is 0.412. The van der Waals surface area contributed by atoms with Crippen molar-refractivity contribution < 1.29 is 4.79 Å². The maximum Gasteiger partial charge on any atom is 0.315 e. The van der Waals surface area contributed by atoms with Gasteiger partial charge in [0, 0.05) is 17.8 Å². The van der Waals surface area contributed by atoms with Crippen molar-refractivity contribution in [3.63, 3.8) is 0 Å². The zero-order valence-electron chi connectivity index (χ0n) is 12.8. The summed E-state index contributed by atoms with van der Waals surface area (Å²) >= 11 is 1.71. The number of benzene rings is 1. The molecule has 2 aromatic rings. The molecular weight excluding hydrogens is 294 g/mol. The first-order valence-electron chi connectivity index (χ1n) is 7.72. The third-order valence-electron chi connectivity index (χ3n) is 3.71. The SMILES string of the molecule is Cc1cccc(CCNC(=O)NCc2csc(C3CC3)n2)c1. The van der Waals surface area contributed by atoms with Gasteiger partial charge in [0.2, 0.25) is 0 Å². The van der Waals surface area contributed by atoms with Crippen molar-refractivity contribution in [2.45, 2.75) is 38.6 Å². The molecule has 0 radical (unpaired) electrons. The van der Waals surface area contributed by atoms with Crippen LogP contribution >= 0.6 is 11.3 Å². The zero-order chi connectivity index (χ0) is 15.4. The molecule has 116 valence electrons. The number of nitrogens with zero attached hydrogens (tertiary/aromatic N) is 1. The Kier molecular flexibility index (Phi) is 4.73. The molecule has 22 heavy (non-hydrogen) atoms. The smallest absolute Gasteiger partial charge is 0.315 e. The highest BCUT2D eigenvalue weighted by atomic mass is 32.1. The molecule has 0 unspecified atom stereocenters. The van der Waals surface area contributed by atoms with Crippen molar-refractivity contribution in [2.75, 3.05) is 6.54 Å². The summed E-state index contributed by atoms with van der Waals surface area (Å²) in [4.78, 5) is 16.3. The van der Waals surface area contributed by atoms with E-state index in [1.807, 2.05) is 11.4 Å². The van der Waals surface area contributed by atoms with E-state index in [2.05, 4.69) is 40.7 Å². The molecule has 2 amide bonds. The molecule has 1 saturated carbocycles. The molecule has 1 heterocycles. The van der Waals surface area contributed by atoms with Gasteiger partial charge in [-0.3, -0.25) is 0 Å². The van der Waals surface area contributed by atoms with E-state index in [0.29, 0.717) is 19.0 Å². The lowest BCUT2D eigenvalue weighted by Crippen LogP contribution is -2.36. The molecule has 4 nitrogen and oxygen atoms in total. The number of aryl methyl sites for hydroxylation is 1. The Morgan fingerprint density at radius 1 is 1.36 bits per heavy atom. The molecule has 1 aliphatic carbocycles. The molecule has 1 aliphatic rings. The van der Waals surface area contributed by atoms with Gasteiger partial charge in [0.15, 0.2) is 0 Å². The first-order valence-corrected chi connectivity index (χ1v) is 8.60. The summed E-state index contributed by atoms with van der Waals surface area (Å²) in [5.74, 6) is 0.682. The molecule has 1 aromatic heterocycles. The first-order chi connectivity index (χ1) is 10.7. The first kappa shape index (κ1) is 15.0. The molecule has 0 aliphatic heterocycles. The summed E-state index contributed by atoms with van der Waals surface area (Å²) in [5.41, 5.74) is 3.45. The maximum absolute atomic E-state index is 11.8. The number of nitrogens with one attached hydrogen (secondary N) is 2. The minimum atomic E-state index is -0.131. The summed E-state index contributed by atoms with van der Waals surface area (Å²) in [6, 6.07) is 8.22. The van der Waals surface area contributed by atoms with Crippen LogP contribution in [-0.2, 0) is 13.0 Å². The normalized spacial score (nSPS) is 13.9. The van der Waals surface area contributed by atoms with Crippen LogP contribution in [0.3, 0.4) is 0 Å². The highest BCUT2D eigenvalue weighted by molar-refractivity contribution is 7.09. The van der Waals surface area contributed by atoms with E-state index in [9.17, 15) is 4.79 Å². The zero-order valence-corrected chi connectivity index (χ0v) is 13.6. The molecule has 2 N–H and O–H groups in total. The Morgan fingerprint density at radius 3 is 3.00 bits per heavy atom. The van der Waals surface area contributed by atoms with Crippen molar-refractivity contribution in [3.8, 4) is 0 Å². The van der Waals surface area contributed by atoms with E-state index in [1.165, 1.54) is 29.0 Å². The topological polar surface area (TPSA) is 54.0 Å². The summed E-state index contributed by atoms with van der Waals surface area (Å²) in [5, 5.41) is 9.01. The van der Waals surface area contributed by atoms with Gasteiger partial charge in [-0.2, -0.15) is 0 Å². The van der Waals surface area contributed by atoms with Gasteiger partial charge in [-0.25, -0.2) is 9.78 Å². The standard InChI is InChI=1S/C17H21N3OS/c1-12-3-2-4-13(9-12)7-8-18-17(21)19-10-15-11-22-16(20-15)14-5-6-14/h2-4,9,11,14H,5-8,10H2,1H3,(H2,18,19,21). The van der Waals surface area contributed by atoms with Crippen LogP contribution in [-0.4, -0.2) is 17.6 Å². The lowest BCUT2D eigenvalue weighted by atomic mass is 10.1. The number of aromatic nitrogens is 1. The van der Waals surface area contributed by atoms with Gasteiger partial charge < -0.3 is 10.6 Å². The summed E-state index contributed by atoms with van der Waals surface area (Å²) in [6.07, 6.45) is 3.37. The molecule has 0 bridgehead atoms. The van der Waals surface area contributed by atoms with Crippen LogP contribution in [0, 0.1) is 6.92 Å². The van der Waals surface area contributed by atoms with Crippen LogP contribution in [0.2, 0.25) is 0 Å². The van der Waals surface area contributed by atoms with Crippen molar-refractivity contribution in [1.82, 2.24) is 15.6 Å². The van der Waals surface area contributed by atoms with Crippen LogP contribution in [0.5, 0.6) is 0 Å². The third kappa shape index (κ3) is 4.31. The van der Waals surface area contributed by atoms with E-state index in [1.54, 1.807) is 11.3 Å². The molecular formula is C17H21N3OS. The predicted octanol–water partition coefficient (Wildman–Crippen LogP) is 3.37. The van der Waals surface area contributed by atoms with Crippen molar-refractivity contribution in [2.24, 2.45) is 0 Å². The van der Waals surface area contributed by atoms with Gasteiger partial charge in [-0.1, -0.05) is 29.8 Å². The molecule has 1 fully saturated rings. The third-order valence-corrected chi connectivity index (χ3v) is 4.76. The minimum Gasteiger partial charge on any atom is -0.338 e. The number of rotatable bonds is 6. The average Bonchev–Trinajstić information content (AvgIpc) is 3.24. The Labute approximate surface area is 135 Å². The lowest BCUT2D eigenvalue weighted by Gasteiger charge is -2.07. The minimum absolute atomic E-state index is 0.131. The average molecular weight is 315 g/mol. The van der Waals surface area contributed by atoms with Crippen LogP contribution < -0.4 is 10.6 Å². The Balaban J connectivity index is 1.36. The van der Waals surface area contributed by atoms with Crippen LogP contribution in [0.15, 0.2) is 29.6 Å². The van der Waals surface area contributed by atoms with Gasteiger partial charge >= 0.3 is 6.03 Å². The molecule has 0 spiro atoms. The molecule has 0 saturated heterocycles. The number of hydrogen-bond acceptors (Lipinski definition) is 3. The van der Waals surface area contributed by atoms with E-state index in [4.69, 9.17) is 0 Å². The van der Waals surface area contributed by atoms with Crippen molar-refractivity contribution >= 4 is 17.4 Å². The molecule has 0 atom stereocenters. The monoisotopic (exact) mass is 315 g/mol. The van der Waals surface area contributed by atoms with Crippen LogP contribution in [0.4, 0.5) is 4.79 Å². The van der Waals surface area contributed by atoms with Crippen molar-refractivity contribution in [3.05, 3.63) is 51.5 Å². The number of hydrogen-bond donors (Lipinski definition) is 2. The number of thiazole rings is 1. The second-order valence-corrected chi connectivity index (χ2v) is 6.69. The molecule has 3 rings (SSSR count). The number of carbonyl (C=O) groups excluding carboxylic acids is 1. The number of carbonyl (C=O) groups is 1. The highest BCUT2D eigenvalue weighted by Gasteiger charge is 2.26. The van der Waals surface area contributed by atoms with E-state index in [-0.39, 0.29) is 6.03 Å². The van der Waals surface area contributed by atoms with Crippen molar-refractivity contribution in [1.29, 1.82) is 0 Å². The van der Waals surface area contributed by atoms with Crippen LogP contribution in [0.25, 0.3) is 0 Å². The van der Waals surface area contributed by atoms with Gasteiger partial charge in [-0.05, 0) is 31.7 Å². The maximum atomic E-state index is 11.8. The second kappa shape index (κ2) is 6.92. The number of amides is 2. The van der Waals surface area contributed by atoms with Gasteiger partial charge in [0.1, 0.15) is 0 Å². The summed E-state index contributed by atoms with van der Waals surface area (Å²) in [6.45, 7) is 3.21. The molecule has 5 heteroatoms. The highest BCUT2D eigenvalue weighted by Crippen LogP contribution is 2.41. The number of urea groups is 1. The van der Waals surface area contributed by atoms with E-state index in [0.717, 1.165) is 12.1 Å². The summed E-state index contributed by atoms with van der Waals surface area (Å²) in [7, 11) is 0. The van der Waals surface area contributed by atoms with Crippen LogP contribution in [0.1, 0.15) is 40.6 Å². The van der Waals surface area contributed by atoms with E-state index < -0.39 is 0 Å². The summed E-state index contributed by atoms with van der Waals surface area (Å²) < 4.78 is 0. The van der Waals surface area contributed by atoms with Gasteiger partial charge in [0.05, 0.1) is 17.2 Å². The second-order valence-electron chi connectivity index (χ2n) is 5.80. The lowest BCUT2D eigenvalue weighted by molar-refractivity contribution is 0.240. The van der Waals surface area contributed by atoms with Gasteiger partial charge in [0.25, 0.3) is 0 Å². The predicted molar refractivity (Wildman–Crippen MR) is 89.2 cm³/mol. The largest absolute Gasteiger partial charge is 0.338 e. The Bertz CT molecular complexity index is 649. The van der Waals surface area contributed by atoms with Gasteiger partial charge in [-0.15, -0.1) is 11.3 Å². The quantitative estimate of drug-likeness (QED) is 0.858. The van der Waals surface area contributed by atoms with E-state index >= 15 is 0 Å². The Morgan fingerprint density at radius 2 is 2.23 bits per heavy atom. The fourth-order valence-electron chi connectivity index (χ4n) is 2.34. The Hall–Kier alpha value is -1.88. The molecule has 1 aromatic carbocycles.